The Morgan fingerprint density at radius 1 is 1.40 bits per heavy atom. The highest BCUT2D eigenvalue weighted by molar-refractivity contribution is 5.81. The highest BCUT2D eigenvalue weighted by Crippen LogP contribution is 2.49. The molecule has 0 radical (unpaired) electrons. The number of fused-ring (bicyclic) bond motifs is 1. The van der Waals surface area contributed by atoms with Crippen molar-refractivity contribution in [1.82, 2.24) is 5.32 Å². The van der Waals surface area contributed by atoms with E-state index in [0.29, 0.717) is 5.92 Å². The van der Waals surface area contributed by atoms with Gasteiger partial charge < -0.3 is 9.73 Å². The Kier molecular flexibility index (Phi) is 2.03. The third-order valence-electron chi connectivity index (χ3n) is 3.30. The molecule has 1 N–H and O–H groups in total. The first-order valence-corrected chi connectivity index (χ1v) is 5.51. The molecule has 2 nitrogen and oxygen atoms in total. The zero-order valence-corrected chi connectivity index (χ0v) is 8.86. The fraction of sp³-hybridized carbons (Fsp3) is 0.385. The molecule has 0 aliphatic heterocycles. The predicted octanol–water partition coefficient (Wildman–Crippen LogP) is 2.76. The second-order valence-corrected chi connectivity index (χ2v) is 4.35. The standard InChI is InChI=1S/C13H15NO/c1-14-7-9-6-11(9)12-8-15-13-5-3-2-4-10(12)13/h2-5,8-9,11,14H,6-7H2,1H3. The maximum atomic E-state index is 5.56. The van der Waals surface area contributed by atoms with Crippen molar-refractivity contribution in [3.8, 4) is 0 Å². The van der Waals surface area contributed by atoms with Gasteiger partial charge in [-0.05, 0) is 37.9 Å². The molecule has 1 saturated carbocycles. The molecule has 2 atom stereocenters. The highest BCUT2D eigenvalue weighted by Gasteiger charge is 2.39. The first kappa shape index (κ1) is 8.98. The molecule has 0 amide bonds. The zero-order chi connectivity index (χ0) is 10.3. The molecule has 0 saturated heterocycles. The molecule has 1 heterocycles. The Morgan fingerprint density at radius 3 is 3.13 bits per heavy atom. The van der Waals surface area contributed by atoms with Gasteiger partial charge in [-0.2, -0.15) is 0 Å². The molecule has 0 spiro atoms. The molecule has 1 aromatic heterocycles. The Labute approximate surface area is 89.3 Å². The van der Waals surface area contributed by atoms with E-state index < -0.39 is 0 Å². The van der Waals surface area contributed by atoms with Crippen LogP contribution in [-0.2, 0) is 0 Å². The molecular weight excluding hydrogens is 186 g/mol. The number of furan rings is 1. The Balaban J connectivity index is 1.93. The minimum absolute atomic E-state index is 0.709. The Morgan fingerprint density at radius 2 is 2.27 bits per heavy atom. The molecule has 3 rings (SSSR count). The lowest BCUT2D eigenvalue weighted by Gasteiger charge is -1.96. The van der Waals surface area contributed by atoms with Crippen LogP contribution in [0.1, 0.15) is 17.9 Å². The lowest BCUT2D eigenvalue weighted by atomic mass is 10.1. The highest BCUT2D eigenvalue weighted by atomic mass is 16.3. The summed E-state index contributed by atoms with van der Waals surface area (Å²) < 4.78 is 5.56. The fourth-order valence-corrected chi connectivity index (χ4v) is 2.40. The number of rotatable bonds is 3. The van der Waals surface area contributed by atoms with Crippen LogP contribution in [0, 0.1) is 5.92 Å². The van der Waals surface area contributed by atoms with Crippen molar-refractivity contribution < 1.29 is 4.42 Å². The van der Waals surface area contributed by atoms with Gasteiger partial charge in [-0.3, -0.25) is 0 Å². The van der Waals surface area contributed by atoms with Crippen molar-refractivity contribution in [3.05, 3.63) is 36.1 Å². The van der Waals surface area contributed by atoms with Crippen LogP contribution in [-0.4, -0.2) is 13.6 Å². The molecule has 2 unspecified atom stereocenters. The summed E-state index contributed by atoms with van der Waals surface area (Å²) in [5, 5.41) is 4.53. The zero-order valence-electron chi connectivity index (χ0n) is 8.86. The summed E-state index contributed by atoms with van der Waals surface area (Å²) >= 11 is 0. The quantitative estimate of drug-likeness (QED) is 0.826. The van der Waals surface area contributed by atoms with E-state index in [9.17, 15) is 0 Å². The minimum atomic E-state index is 0.709. The van der Waals surface area contributed by atoms with Crippen molar-refractivity contribution in [1.29, 1.82) is 0 Å². The average Bonchev–Trinajstić information content (AvgIpc) is 2.90. The van der Waals surface area contributed by atoms with Crippen LogP contribution in [0.3, 0.4) is 0 Å². The molecule has 0 bridgehead atoms. The predicted molar refractivity (Wildman–Crippen MR) is 61.0 cm³/mol. The van der Waals surface area contributed by atoms with Gasteiger partial charge in [0, 0.05) is 10.9 Å². The van der Waals surface area contributed by atoms with Crippen LogP contribution >= 0.6 is 0 Å². The molecule has 1 aromatic carbocycles. The summed E-state index contributed by atoms with van der Waals surface area (Å²) in [6, 6.07) is 8.29. The van der Waals surface area contributed by atoms with Gasteiger partial charge in [0.25, 0.3) is 0 Å². The third-order valence-corrected chi connectivity index (χ3v) is 3.30. The summed E-state index contributed by atoms with van der Waals surface area (Å²) in [5.41, 5.74) is 2.41. The van der Waals surface area contributed by atoms with Gasteiger partial charge >= 0.3 is 0 Å². The van der Waals surface area contributed by atoms with Crippen LogP contribution in [0.2, 0.25) is 0 Å². The van der Waals surface area contributed by atoms with Gasteiger partial charge in [0.2, 0.25) is 0 Å². The number of hydrogen-bond donors (Lipinski definition) is 1. The second kappa shape index (κ2) is 3.38. The van der Waals surface area contributed by atoms with Crippen LogP contribution in [0.15, 0.2) is 34.9 Å². The van der Waals surface area contributed by atoms with Crippen LogP contribution in [0.25, 0.3) is 11.0 Å². The number of benzene rings is 1. The lowest BCUT2D eigenvalue weighted by Crippen LogP contribution is -2.10. The Bertz CT molecular complexity index is 474. The number of hydrogen-bond acceptors (Lipinski definition) is 2. The van der Waals surface area contributed by atoms with Gasteiger partial charge in [0.1, 0.15) is 5.58 Å². The van der Waals surface area contributed by atoms with Gasteiger partial charge in [0.05, 0.1) is 6.26 Å². The summed E-state index contributed by atoms with van der Waals surface area (Å²) in [6.45, 7) is 1.12. The van der Waals surface area contributed by atoms with Crippen LogP contribution < -0.4 is 5.32 Å². The lowest BCUT2D eigenvalue weighted by molar-refractivity contribution is 0.607. The van der Waals surface area contributed by atoms with E-state index in [2.05, 4.69) is 17.4 Å². The van der Waals surface area contributed by atoms with Gasteiger partial charge in [0.15, 0.2) is 0 Å². The minimum Gasteiger partial charge on any atom is -0.464 e. The van der Waals surface area contributed by atoms with Gasteiger partial charge in [-0.25, -0.2) is 0 Å². The normalized spacial score (nSPS) is 24.6. The van der Waals surface area contributed by atoms with Crippen molar-refractivity contribution in [2.45, 2.75) is 12.3 Å². The van der Waals surface area contributed by atoms with E-state index in [1.54, 1.807) is 0 Å². The average molecular weight is 201 g/mol. The van der Waals surface area contributed by atoms with Crippen molar-refractivity contribution in [2.75, 3.05) is 13.6 Å². The van der Waals surface area contributed by atoms with E-state index in [0.717, 1.165) is 18.0 Å². The first-order valence-electron chi connectivity index (χ1n) is 5.51. The fourth-order valence-electron chi connectivity index (χ4n) is 2.40. The van der Waals surface area contributed by atoms with Crippen LogP contribution in [0.4, 0.5) is 0 Å². The SMILES string of the molecule is CNCC1CC1c1coc2ccccc12. The monoisotopic (exact) mass is 201 g/mol. The molecule has 1 aliphatic rings. The van der Waals surface area contributed by atoms with E-state index in [1.165, 1.54) is 17.4 Å². The smallest absolute Gasteiger partial charge is 0.134 e. The van der Waals surface area contributed by atoms with Gasteiger partial charge in [-0.1, -0.05) is 18.2 Å². The number of nitrogens with one attached hydrogen (secondary N) is 1. The molecule has 15 heavy (non-hydrogen) atoms. The maximum absolute atomic E-state index is 5.56. The van der Waals surface area contributed by atoms with E-state index >= 15 is 0 Å². The van der Waals surface area contributed by atoms with Crippen molar-refractivity contribution in [3.63, 3.8) is 0 Å². The molecular formula is C13H15NO. The summed E-state index contributed by atoms with van der Waals surface area (Å²) in [4.78, 5) is 0. The summed E-state index contributed by atoms with van der Waals surface area (Å²) in [6.07, 6.45) is 3.23. The van der Waals surface area contributed by atoms with Gasteiger partial charge in [-0.15, -0.1) is 0 Å². The summed E-state index contributed by atoms with van der Waals surface area (Å²) in [7, 11) is 2.02. The van der Waals surface area contributed by atoms with Crippen molar-refractivity contribution >= 4 is 11.0 Å². The molecule has 1 fully saturated rings. The van der Waals surface area contributed by atoms with E-state index in [-0.39, 0.29) is 0 Å². The van der Waals surface area contributed by atoms with E-state index in [4.69, 9.17) is 4.42 Å². The maximum Gasteiger partial charge on any atom is 0.134 e. The van der Waals surface area contributed by atoms with Crippen LogP contribution in [0.5, 0.6) is 0 Å². The van der Waals surface area contributed by atoms with Crippen molar-refractivity contribution in [2.24, 2.45) is 5.92 Å². The molecule has 78 valence electrons. The molecule has 2 aromatic rings. The topological polar surface area (TPSA) is 25.2 Å². The summed E-state index contributed by atoms with van der Waals surface area (Å²) in [5.74, 6) is 1.51. The second-order valence-electron chi connectivity index (χ2n) is 4.35. The third kappa shape index (κ3) is 1.45. The largest absolute Gasteiger partial charge is 0.464 e. The number of para-hydroxylation sites is 1. The Hall–Kier alpha value is -1.28. The molecule has 2 heteroatoms. The van der Waals surface area contributed by atoms with E-state index in [1.807, 2.05) is 25.4 Å². The molecule has 1 aliphatic carbocycles. The first-order chi connectivity index (χ1) is 7.40.